The van der Waals surface area contributed by atoms with Gasteiger partial charge in [-0.25, -0.2) is 4.79 Å². The van der Waals surface area contributed by atoms with Crippen LogP contribution in [0.15, 0.2) is 0 Å². The van der Waals surface area contributed by atoms with Crippen molar-refractivity contribution in [3.05, 3.63) is 0 Å². The van der Waals surface area contributed by atoms with Crippen molar-refractivity contribution in [3.8, 4) is 0 Å². The molecule has 0 aromatic rings. The highest BCUT2D eigenvalue weighted by molar-refractivity contribution is 14.1. The molecular formula is C15H28I2O3. The zero-order valence-corrected chi connectivity index (χ0v) is 17.3. The van der Waals surface area contributed by atoms with Crippen LogP contribution in [0.25, 0.3) is 0 Å². The van der Waals surface area contributed by atoms with Gasteiger partial charge in [0.25, 0.3) is 0 Å². The van der Waals surface area contributed by atoms with E-state index in [0.717, 1.165) is 25.7 Å². The number of ether oxygens (including phenoxy) is 2. The lowest BCUT2D eigenvalue weighted by Crippen LogP contribution is -2.24. The molecule has 0 aromatic carbocycles. The molecule has 0 saturated heterocycles. The first-order chi connectivity index (χ1) is 9.42. The van der Waals surface area contributed by atoms with E-state index < -0.39 is 6.16 Å². The van der Waals surface area contributed by atoms with E-state index in [4.69, 9.17) is 9.47 Å². The van der Waals surface area contributed by atoms with Crippen LogP contribution >= 0.6 is 45.2 Å². The molecule has 0 rings (SSSR count). The van der Waals surface area contributed by atoms with Crippen LogP contribution in [0, 0.1) is 11.8 Å². The number of rotatable bonds is 10. The van der Waals surface area contributed by atoms with Crippen LogP contribution < -0.4 is 0 Å². The lowest BCUT2D eigenvalue weighted by atomic mass is 10.0. The molecule has 4 unspecified atom stereocenters. The van der Waals surface area contributed by atoms with Crippen molar-refractivity contribution >= 4 is 51.3 Å². The highest BCUT2D eigenvalue weighted by Crippen LogP contribution is 2.21. The van der Waals surface area contributed by atoms with Gasteiger partial charge < -0.3 is 9.47 Å². The first kappa shape index (κ1) is 20.7. The Bertz CT molecular complexity index is 234. The maximum absolute atomic E-state index is 11.7. The summed E-state index contributed by atoms with van der Waals surface area (Å²) in [5, 5.41) is 0. The van der Waals surface area contributed by atoms with Crippen LogP contribution in [0.3, 0.4) is 0 Å². The predicted molar refractivity (Wildman–Crippen MR) is 101 cm³/mol. The van der Waals surface area contributed by atoms with Gasteiger partial charge in [-0.15, -0.1) is 0 Å². The van der Waals surface area contributed by atoms with E-state index in [2.05, 4.69) is 72.9 Å². The fraction of sp³-hybridized carbons (Fsp3) is 0.933. The number of hydrogen-bond acceptors (Lipinski definition) is 3. The number of halogens is 2. The Labute approximate surface area is 151 Å². The molecule has 4 atom stereocenters. The lowest BCUT2D eigenvalue weighted by molar-refractivity contribution is 0.0337. The molecule has 0 aliphatic heterocycles. The fourth-order valence-corrected chi connectivity index (χ4v) is 3.16. The molecule has 0 bridgehead atoms. The molecule has 0 spiro atoms. The van der Waals surface area contributed by atoms with Gasteiger partial charge in [-0.05, 0) is 12.8 Å². The normalized spacial score (nSPS) is 17.1. The molecule has 0 aliphatic rings. The van der Waals surface area contributed by atoms with Crippen LogP contribution in [0.5, 0.6) is 0 Å². The van der Waals surface area contributed by atoms with Crippen LogP contribution in [-0.4, -0.2) is 27.2 Å². The number of carbonyl (C=O) groups excluding carboxylic acids is 1. The summed E-state index contributed by atoms with van der Waals surface area (Å²) < 4.78 is 11.5. The Morgan fingerprint density at radius 2 is 1.25 bits per heavy atom. The van der Waals surface area contributed by atoms with E-state index in [1.165, 1.54) is 0 Å². The van der Waals surface area contributed by atoms with Gasteiger partial charge >= 0.3 is 6.16 Å². The topological polar surface area (TPSA) is 35.5 Å². The van der Waals surface area contributed by atoms with Crippen molar-refractivity contribution in [2.75, 3.05) is 13.2 Å². The van der Waals surface area contributed by atoms with Crippen LogP contribution in [0.4, 0.5) is 4.79 Å². The van der Waals surface area contributed by atoms with Gasteiger partial charge in [0.15, 0.2) is 0 Å². The third kappa shape index (κ3) is 9.63. The summed E-state index contributed by atoms with van der Waals surface area (Å²) in [6.07, 6.45) is 3.88. The monoisotopic (exact) mass is 510 g/mol. The summed E-state index contributed by atoms with van der Waals surface area (Å²) in [4.78, 5) is 11.7. The highest BCUT2D eigenvalue weighted by atomic mass is 127. The third-order valence-electron chi connectivity index (χ3n) is 3.45. The number of hydrogen-bond donors (Lipinski definition) is 0. The average molecular weight is 510 g/mol. The molecule has 0 saturated carbocycles. The minimum atomic E-state index is -0.513. The Morgan fingerprint density at radius 1 is 0.900 bits per heavy atom. The van der Waals surface area contributed by atoms with E-state index in [0.29, 0.717) is 32.9 Å². The van der Waals surface area contributed by atoms with Gasteiger partial charge in [-0.2, -0.15) is 0 Å². The highest BCUT2D eigenvalue weighted by Gasteiger charge is 2.19. The zero-order valence-electron chi connectivity index (χ0n) is 13.0. The minimum Gasteiger partial charge on any atom is -0.434 e. The lowest BCUT2D eigenvalue weighted by Gasteiger charge is -2.20. The first-order valence-corrected chi connectivity index (χ1v) is 9.99. The van der Waals surface area contributed by atoms with Crippen molar-refractivity contribution in [2.24, 2.45) is 11.8 Å². The Kier molecular flexibility index (Phi) is 12.7. The van der Waals surface area contributed by atoms with Crippen molar-refractivity contribution in [3.63, 3.8) is 0 Å². The molecule has 0 N–H and O–H groups in total. The van der Waals surface area contributed by atoms with Gasteiger partial charge in [0, 0.05) is 19.7 Å². The largest absolute Gasteiger partial charge is 0.508 e. The molecule has 0 amide bonds. The SMILES string of the molecule is CCCC(COC(=O)OCC(CCC)C(C)I)C(C)I. The van der Waals surface area contributed by atoms with Crippen LogP contribution in [-0.2, 0) is 9.47 Å². The average Bonchev–Trinajstić information content (AvgIpc) is 2.38. The quantitative estimate of drug-likeness (QED) is 0.218. The summed E-state index contributed by atoms with van der Waals surface area (Å²) in [5.74, 6) is 0.839. The van der Waals surface area contributed by atoms with Crippen molar-refractivity contribution < 1.29 is 14.3 Å². The first-order valence-electron chi connectivity index (χ1n) is 7.49. The second-order valence-corrected chi connectivity index (χ2v) is 9.25. The molecule has 0 aromatic heterocycles. The second-order valence-electron chi connectivity index (χ2n) is 5.32. The van der Waals surface area contributed by atoms with E-state index in [1.54, 1.807) is 0 Å². The summed E-state index contributed by atoms with van der Waals surface area (Å²) in [5.41, 5.74) is 0. The van der Waals surface area contributed by atoms with Gasteiger partial charge in [0.05, 0.1) is 13.2 Å². The van der Waals surface area contributed by atoms with E-state index in [-0.39, 0.29) is 0 Å². The molecule has 0 radical (unpaired) electrons. The molecule has 0 heterocycles. The number of alkyl halides is 2. The maximum Gasteiger partial charge on any atom is 0.508 e. The molecule has 3 nitrogen and oxygen atoms in total. The van der Waals surface area contributed by atoms with Gasteiger partial charge in [0.2, 0.25) is 0 Å². The molecule has 0 aliphatic carbocycles. The van der Waals surface area contributed by atoms with E-state index in [1.807, 2.05) is 0 Å². The number of carbonyl (C=O) groups is 1. The van der Waals surface area contributed by atoms with Gasteiger partial charge in [-0.1, -0.05) is 85.7 Å². The Balaban J connectivity index is 4.03. The van der Waals surface area contributed by atoms with Gasteiger partial charge in [-0.3, -0.25) is 0 Å². The molecule has 20 heavy (non-hydrogen) atoms. The van der Waals surface area contributed by atoms with Crippen LogP contribution in [0.1, 0.15) is 53.4 Å². The van der Waals surface area contributed by atoms with Gasteiger partial charge in [0.1, 0.15) is 0 Å². The third-order valence-corrected chi connectivity index (χ3v) is 5.48. The molecular weight excluding hydrogens is 482 g/mol. The summed E-state index contributed by atoms with van der Waals surface area (Å²) >= 11 is 4.79. The fourth-order valence-electron chi connectivity index (χ4n) is 2.02. The van der Waals surface area contributed by atoms with E-state index in [9.17, 15) is 4.79 Å². The smallest absolute Gasteiger partial charge is 0.434 e. The minimum absolute atomic E-state index is 0.420. The molecule has 0 fully saturated rings. The molecule has 120 valence electrons. The summed E-state index contributed by atoms with van der Waals surface area (Å²) in [7, 11) is 0. The summed E-state index contributed by atoms with van der Waals surface area (Å²) in [6.45, 7) is 9.56. The predicted octanol–water partition coefficient (Wildman–Crippen LogP) is 5.62. The zero-order chi connectivity index (χ0) is 15.5. The van der Waals surface area contributed by atoms with Crippen molar-refractivity contribution in [1.29, 1.82) is 0 Å². The second kappa shape index (κ2) is 12.3. The standard InChI is InChI=1S/C15H28I2O3/c1-5-7-13(11(3)16)9-19-15(18)20-10-14(8-6-2)12(4)17/h11-14H,5-10H2,1-4H3. The van der Waals surface area contributed by atoms with E-state index >= 15 is 0 Å². The summed E-state index contributed by atoms with van der Waals surface area (Å²) in [6, 6.07) is 0. The molecule has 5 heteroatoms. The van der Waals surface area contributed by atoms with Crippen LogP contribution in [0.2, 0.25) is 0 Å². The maximum atomic E-state index is 11.7. The Morgan fingerprint density at radius 3 is 1.50 bits per heavy atom. The van der Waals surface area contributed by atoms with Crippen molar-refractivity contribution in [1.82, 2.24) is 0 Å². The van der Waals surface area contributed by atoms with Crippen molar-refractivity contribution in [2.45, 2.75) is 61.2 Å². The Hall–Kier alpha value is 0.730.